The van der Waals surface area contributed by atoms with E-state index >= 15 is 0 Å². The second-order valence-corrected chi connectivity index (χ2v) is 6.12. The molecule has 1 amide bonds. The van der Waals surface area contributed by atoms with Crippen LogP contribution in [0.3, 0.4) is 0 Å². The summed E-state index contributed by atoms with van der Waals surface area (Å²) in [6.45, 7) is 4.10. The number of nitrogens with one attached hydrogen (secondary N) is 1. The van der Waals surface area contributed by atoms with Crippen LogP contribution in [0.1, 0.15) is 36.5 Å². The van der Waals surface area contributed by atoms with E-state index in [1.54, 1.807) is 19.2 Å². The number of benzene rings is 1. The highest BCUT2D eigenvalue weighted by Crippen LogP contribution is 2.13. The summed E-state index contributed by atoms with van der Waals surface area (Å²) in [7, 11) is 1.66. The molecule has 0 heterocycles. The Labute approximate surface area is 135 Å². The zero-order chi connectivity index (χ0) is 15.5. The van der Waals surface area contributed by atoms with Gasteiger partial charge in [-0.05, 0) is 37.1 Å². The Hall–Kier alpha value is -1.07. The molecule has 4 nitrogen and oxygen atoms in total. The number of ether oxygens (including phenoxy) is 2. The van der Waals surface area contributed by atoms with E-state index in [-0.39, 0.29) is 10.7 Å². The normalized spacial score (nSPS) is 12.0. The summed E-state index contributed by atoms with van der Waals surface area (Å²) in [6, 6.07) is 7.25. The summed E-state index contributed by atoms with van der Waals surface area (Å²) >= 11 is 3.49. The summed E-state index contributed by atoms with van der Waals surface area (Å²) in [4.78, 5) is 12.2. The van der Waals surface area contributed by atoms with Gasteiger partial charge in [-0.2, -0.15) is 0 Å². The summed E-state index contributed by atoms with van der Waals surface area (Å²) in [5.41, 5.74) is 0.649. The molecule has 1 rings (SSSR count). The number of amides is 1. The van der Waals surface area contributed by atoms with Crippen molar-refractivity contribution in [1.29, 1.82) is 0 Å². The monoisotopic (exact) mass is 357 g/mol. The van der Waals surface area contributed by atoms with E-state index in [0.717, 1.165) is 25.0 Å². The molecule has 0 aliphatic rings. The summed E-state index contributed by atoms with van der Waals surface area (Å²) in [6.07, 6.45) is 2.98. The Bertz CT molecular complexity index is 408. The third-order valence-electron chi connectivity index (χ3n) is 2.97. The van der Waals surface area contributed by atoms with Gasteiger partial charge < -0.3 is 14.8 Å². The molecule has 0 spiro atoms. The molecule has 1 atom stereocenters. The van der Waals surface area contributed by atoms with Crippen molar-refractivity contribution in [3.05, 3.63) is 29.8 Å². The van der Waals surface area contributed by atoms with Gasteiger partial charge in [0.15, 0.2) is 0 Å². The van der Waals surface area contributed by atoms with Crippen LogP contribution in [-0.4, -0.2) is 37.6 Å². The predicted molar refractivity (Wildman–Crippen MR) is 88.4 cm³/mol. The third-order valence-corrected chi connectivity index (χ3v) is 3.70. The topological polar surface area (TPSA) is 47.6 Å². The van der Waals surface area contributed by atoms with Crippen LogP contribution >= 0.6 is 15.9 Å². The average Bonchev–Trinajstić information content (AvgIpc) is 2.48. The lowest BCUT2D eigenvalue weighted by atomic mass is 10.2. The molecule has 0 fully saturated rings. The fourth-order valence-corrected chi connectivity index (χ4v) is 2.24. The minimum atomic E-state index is -0.0628. The Morgan fingerprint density at radius 3 is 2.67 bits per heavy atom. The van der Waals surface area contributed by atoms with E-state index in [9.17, 15) is 4.79 Å². The molecule has 1 aromatic rings. The summed E-state index contributed by atoms with van der Waals surface area (Å²) < 4.78 is 10.6. The number of rotatable bonds is 10. The van der Waals surface area contributed by atoms with Crippen LogP contribution in [0.25, 0.3) is 0 Å². The molecule has 0 aliphatic heterocycles. The van der Waals surface area contributed by atoms with Crippen LogP contribution in [0.5, 0.6) is 5.75 Å². The number of halogens is 1. The van der Waals surface area contributed by atoms with E-state index in [1.807, 2.05) is 12.1 Å². The van der Waals surface area contributed by atoms with Crippen molar-refractivity contribution in [3.8, 4) is 5.75 Å². The zero-order valence-corrected chi connectivity index (χ0v) is 14.3. The van der Waals surface area contributed by atoms with Crippen LogP contribution in [0.15, 0.2) is 24.3 Å². The lowest BCUT2D eigenvalue weighted by molar-refractivity contribution is 0.0952. The molecule has 1 N–H and O–H groups in total. The fraction of sp³-hybridized carbons (Fsp3) is 0.562. The molecule has 0 bridgehead atoms. The molecule has 21 heavy (non-hydrogen) atoms. The van der Waals surface area contributed by atoms with Crippen LogP contribution < -0.4 is 10.1 Å². The molecule has 5 heteroatoms. The Kier molecular flexibility index (Phi) is 9.10. The molecule has 0 aliphatic carbocycles. The Morgan fingerprint density at radius 1 is 1.33 bits per heavy atom. The van der Waals surface area contributed by atoms with Crippen molar-refractivity contribution in [2.45, 2.75) is 31.0 Å². The smallest absolute Gasteiger partial charge is 0.251 e. The molecule has 0 aromatic heterocycles. The van der Waals surface area contributed by atoms with E-state index in [0.29, 0.717) is 25.3 Å². The van der Waals surface area contributed by atoms with E-state index < -0.39 is 0 Å². The molecule has 0 saturated heterocycles. The van der Waals surface area contributed by atoms with Crippen LogP contribution in [0, 0.1) is 0 Å². The fourth-order valence-electron chi connectivity index (χ4n) is 1.75. The summed E-state index contributed by atoms with van der Waals surface area (Å²) in [5.74, 6) is 0.743. The first kappa shape index (κ1) is 18.0. The molecule has 118 valence electrons. The highest BCUT2D eigenvalue weighted by molar-refractivity contribution is 9.09. The van der Waals surface area contributed by atoms with Crippen molar-refractivity contribution in [1.82, 2.24) is 5.32 Å². The summed E-state index contributed by atoms with van der Waals surface area (Å²) in [5, 5.41) is 2.89. The molecular formula is C16H24BrNO3. The van der Waals surface area contributed by atoms with Crippen LogP contribution in [-0.2, 0) is 4.74 Å². The molecular weight excluding hydrogens is 334 g/mol. The minimum absolute atomic E-state index is 0.0628. The number of hydrogen-bond donors (Lipinski definition) is 1. The quantitative estimate of drug-likeness (QED) is 0.515. The highest BCUT2D eigenvalue weighted by Gasteiger charge is 2.07. The number of methoxy groups -OCH3 is 1. The van der Waals surface area contributed by atoms with E-state index in [1.165, 1.54) is 0 Å². The lowest BCUT2D eigenvalue weighted by Gasteiger charge is -2.10. The average molecular weight is 358 g/mol. The van der Waals surface area contributed by atoms with Crippen molar-refractivity contribution < 1.29 is 14.3 Å². The number of hydrogen-bond acceptors (Lipinski definition) is 3. The maximum atomic E-state index is 12.0. The molecule has 0 saturated carbocycles. The zero-order valence-electron chi connectivity index (χ0n) is 12.7. The van der Waals surface area contributed by atoms with Gasteiger partial charge in [-0.1, -0.05) is 29.3 Å². The van der Waals surface area contributed by atoms with Gasteiger partial charge in [0.2, 0.25) is 0 Å². The van der Waals surface area contributed by atoms with Crippen molar-refractivity contribution >= 4 is 21.8 Å². The molecule has 1 aromatic carbocycles. The van der Waals surface area contributed by atoms with Crippen molar-refractivity contribution in [3.63, 3.8) is 0 Å². The van der Waals surface area contributed by atoms with Gasteiger partial charge in [0.25, 0.3) is 5.91 Å². The lowest BCUT2D eigenvalue weighted by Crippen LogP contribution is -2.26. The van der Waals surface area contributed by atoms with Crippen molar-refractivity contribution in [2.24, 2.45) is 0 Å². The van der Waals surface area contributed by atoms with Gasteiger partial charge >= 0.3 is 0 Å². The number of alkyl halides is 1. The maximum Gasteiger partial charge on any atom is 0.251 e. The first-order chi connectivity index (χ1) is 10.2. The Morgan fingerprint density at radius 2 is 2.05 bits per heavy atom. The largest absolute Gasteiger partial charge is 0.494 e. The third kappa shape index (κ3) is 7.48. The second kappa shape index (κ2) is 10.6. The van der Waals surface area contributed by atoms with Gasteiger partial charge in [0.1, 0.15) is 5.75 Å². The minimum Gasteiger partial charge on any atom is -0.494 e. The van der Waals surface area contributed by atoms with Gasteiger partial charge in [-0.25, -0.2) is 0 Å². The van der Waals surface area contributed by atoms with Crippen molar-refractivity contribution in [2.75, 3.05) is 26.9 Å². The maximum absolute atomic E-state index is 12.0. The van der Waals surface area contributed by atoms with Gasteiger partial charge in [-0.3, -0.25) is 4.79 Å². The number of unbranched alkanes of at least 4 members (excludes halogenated alkanes) is 1. The first-order valence-electron chi connectivity index (χ1n) is 7.31. The molecule has 0 radical (unpaired) electrons. The van der Waals surface area contributed by atoms with Gasteiger partial charge in [0, 0.05) is 24.0 Å². The van der Waals surface area contributed by atoms with Crippen LogP contribution in [0.2, 0.25) is 0 Å². The van der Waals surface area contributed by atoms with E-state index in [2.05, 4.69) is 28.2 Å². The number of carbonyl (C=O) groups excluding carboxylic acids is 1. The second-order valence-electron chi connectivity index (χ2n) is 4.82. The number of carbonyl (C=O) groups is 1. The van der Waals surface area contributed by atoms with Crippen LogP contribution in [0.4, 0.5) is 0 Å². The van der Waals surface area contributed by atoms with Gasteiger partial charge in [-0.15, -0.1) is 0 Å². The first-order valence-corrected chi connectivity index (χ1v) is 8.23. The van der Waals surface area contributed by atoms with Gasteiger partial charge in [0.05, 0.1) is 13.2 Å². The Balaban J connectivity index is 2.33. The SMILES string of the molecule is CCCCOc1ccc(C(=O)NCCC(Br)COC)cc1. The molecule has 1 unspecified atom stereocenters. The predicted octanol–water partition coefficient (Wildman–Crippen LogP) is 3.40. The van der Waals surface area contributed by atoms with E-state index in [4.69, 9.17) is 9.47 Å². The highest BCUT2D eigenvalue weighted by atomic mass is 79.9. The standard InChI is InChI=1S/C16H24BrNO3/c1-3-4-11-21-15-7-5-13(6-8-15)16(19)18-10-9-14(17)12-20-2/h5-8,14H,3-4,9-12H2,1-2H3,(H,18,19).